The highest BCUT2D eigenvalue weighted by atomic mass is 32.2. The van der Waals surface area contributed by atoms with Gasteiger partial charge in [-0.25, -0.2) is 12.7 Å². The number of sulfonamides is 1. The Hall–Kier alpha value is -2.11. The number of rotatable bonds is 5. The molecule has 0 bridgehead atoms. The lowest BCUT2D eigenvalue weighted by Gasteiger charge is -2.17. The van der Waals surface area contributed by atoms with E-state index in [4.69, 9.17) is 0 Å². The Bertz CT molecular complexity index is 912. The number of hydrogen-bond acceptors (Lipinski definition) is 2. The van der Waals surface area contributed by atoms with Crippen molar-refractivity contribution in [3.63, 3.8) is 0 Å². The first-order chi connectivity index (χ1) is 11.0. The predicted octanol–water partition coefficient (Wildman–Crippen LogP) is 3.44. The van der Waals surface area contributed by atoms with Crippen LogP contribution in [0.25, 0.3) is 10.9 Å². The van der Waals surface area contributed by atoms with Crippen molar-refractivity contribution in [3.8, 4) is 0 Å². The zero-order valence-corrected chi connectivity index (χ0v) is 14.1. The van der Waals surface area contributed by atoms with E-state index in [1.54, 1.807) is 7.05 Å². The Morgan fingerprint density at radius 2 is 1.74 bits per heavy atom. The Balaban J connectivity index is 1.78. The number of benzene rings is 2. The van der Waals surface area contributed by atoms with Gasteiger partial charge in [-0.05, 0) is 24.1 Å². The monoisotopic (exact) mass is 328 g/mol. The Kier molecular flexibility index (Phi) is 4.24. The molecule has 0 unspecified atom stereocenters. The molecule has 0 radical (unpaired) electrons. The summed E-state index contributed by atoms with van der Waals surface area (Å²) in [5.41, 5.74) is 3.93. The van der Waals surface area contributed by atoms with Gasteiger partial charge in [-0.3, -0.25) is 0 Å². The second-order valence-electron chi connectivity index (χ2n) is 5.86. The molecule has 0 aliphatic rings. The average molecular weight is 328 g/mol. The van der Waals surface area contributed by atoms with Crippen LogP contribution in [0.15, 0.2) is 54.7 Å². The summed E-state index contributed by atoms with van der Waals surface area (Å²) < 4.78 is 26.5. The van der Waals surface area contributed by atoms with Crippen LogP contribution in [0.1, 0.15) is 16.7 Å². The van der Waals surface area contributed by atoms with Gasteiger partial charge in [0.1, 0.15) is 0 Å². The van der Waals surface area contributed by atoms with Gasteiger partial charge in [-0.15, -0.1) is 0 Å². The molecule has 4 nitrogen and oxygen atoms in total. The zero-order valence-electron chi connectivity index (χ0n) is 13.3. The van der Waals surface area contributed by atoms with E-state index in [2.05, 4.69) is 4.98 Å². The smallest absolute Gasteiger partial charge is 0.218 e. The number of hydrogen-bond donors (Lipinski definition) is 1. The molecule has 0 aliphatic carbocycles. The molecule has 3 rings (SSSR count). The van der Waals surface area contributed by atoms with Crippen LogP contribution in [-0.2, 0) is 22.3 Å². The van der Waals surface area contributed by atoms with Gasteiger partial charge >= 0.3 is 0 Å². The summed E-state index contributed by atoms with van der Waals surface area (Å²) >= 11 is 0. The second-order valence-corrected chi connectivity index (χ2v) is 7.93. The summed E-state index contributed by atoms with van der Waals surface area (Å²) in [5, 5.41) is 1.06. The fourth-order valence-electron chi connectivity index (χ4n) is 2.61. The highest BCUT2D eigenvalue weighted by molar-refractivity contribution is 7.88. The summed E-state index contributed by atoms with van der Waals surface area (Å²) in [6.45, 7) is 2.35. The zero-order chi connectivity index (χ0) is 16.4. The number of nitrogens with one attached hydrogen (secondary N) is 1. The van der Waals surface area contributed by atoms with Crippen molar-refractivity contribution in [3.05, 3.63) is 71.4 Å². The summed E-state index contributed by atoms with van der Waals surface area (Å²) in [6.07, 6.45) is 1.88. The number of H-pyrrole nitrogens is 1. The molecular weight excluding hydrogens is 308 g/mol. The van der Waals surface area contributed by atoms with E-state index in [0.717, 1.165) is 27.6 Å². The van der Waals surface area contributed by atoms with Crippen molar-refractivity contribution in [2.45, 2.75) is 19.2 Å². The van der Waals surface area contributed by atoms with Gasteiger partial charge in [0.25, 0.3) is 0 Å². The molecular formula is C18H20N2O2S. The number of aryl methyl sites for hydroxylation is 1. The summed E-state index contributed by atoms with van der Waals surface area (Å²) in [7, 11) is -1.72. The van der Waals surface area contributed by atoms with Crippen LogP contribution < -0.4 is 0 Å². The maximum atomic E-state index is 12.6. The third-order valence-corrected chi connectivity index (χ3v) is 5.79. The lowest BCUT2D eigenvalue weighted by Crippen LogP contribution is -2.27. The van der Waals surface area contributed by atoms with E-state index >= 15 is 0 Å². The Labute approximate surface area is 136 Å². The van der Waals surface area contributed by atoms with Crippen molar-refractivity contribution in [1.29, 1.82) is 0 Å². The number of aromatic amines is 1. The van der Waals surface area contributed by atoms with Crippen molar-refractivity contribution in [2.75, 3.05) is 7.05 Å². The van der Waals surface area contributed by atoms with Crippen molar-refractivity contribution in [2.24, 2.45) is 0 Å². The number of fused-ring (bicyclic) bond motifs is 1. The summed E-state index contributed by atoms with van der Waals surface area (Å²) in [4.78, 5) is 3.18. The molecule has 0 fully saturated rings. The van der Waals surface area contributed by atoms with Crippen LogP contribution in [-0.4, -0.2) is 24.8 Å². The van der Waals surface area contributed by atoms with E-state index < -0.39 is 10.0 Å². The van der Waals surface area contributed by atoms with E-state index in [1.807, 2.05) is 61.7 Å². The molecule has 0 atom stereocenters. The minimum absolute atomic E-state index is 0.0200. The Morgan fingerprint density at radius 3 is 2.48 bits per heavy atom. The first-order valence-electron chi connectivity index (χ1n) is 7.50. The third-order valence-electron chi connectivity index (χ3n) is 4.01. The minimum atomic E-state index is -3.35. The SMILES string of the molecule is Cc1ccc(CS(=O)(=O)N(C)Cc2c[nH]c3ccccc23)cc1. The first kappa shape index (κ1) is 15.8. The average Bonchev–Trinajstić information content (AvgIpc) is 2.93. The minimum Gasteiger partial charge on any atom is -0.361 e. The molecule has 1 heterocycles. The molecule has 1 N–H and O–H groups in total. The van der Waals surface area contributed by atoms with Crippen molar-refractivity contribution >= 4 is 20.9 Å². The fourth-order valence-corrected chi connectivity index (χ4v) is 3.78. The fraction of sp³-hybridized carbons (Fsp3) is 0.222. The summed E-state index contributed by atoms with van der Waals surface area (Å²) in [6, 6.07) is 15.5. The largest absolute Gasteiger partial charge is 0.361 e. The molecule has 0 spiro atoms. The van der Waals surface area contributed by atoms with E-state index in [9.17, 15) is 8.42 Å². The second kappa shape index (κ2) is 6.18. The highest BCUT2D eigenvalue weighted by Gasteiger charge is 2.20. The van der Waals surface area contributed by atoms with Gasteiger partial charge in [0, 0.05) is 30.7 Å². The topological polar surface area (TPSA) is 53.2 Å². The lowest BCUT2D eigenvalue weighted by molar-refractivity contribution is 0.467. The van der Waals surface area contributed by atoms with Crippen LogP contribution in [0.2, 0.25) is 0 Å². The van der Waals surface area contributed by atoms with Gasteiger partial charge in [0.05, 0.1) is 5.75 Å². The number of aromatic nitrogens is 1. The predicted molar refractivity (Wildman–Crippen MR) is 93.6 cm³/mol. The number of nitrogens with zero attached hydrogens (tertiary/aromatic N) is 1. The molecule has 2 aromatic carbocycles. The first-order valence-corrected chi connectivity index (χ1v) is 9.11. The molecule has 1 aromatic heterocycles. The van der Waals surface area contributed by atoms with Gasteiger partial charge in [-0.2, -0.15) is 0 Å². The molecule has 0 saturated heterocycles. The van der Waals surface area contributed by atoms with E-state index in [0.29, 0.717) is 6.54 Å². The highest BCUT2D eigenvalue weighted by Crippen LogP contribution is 2.21. The van der Waals surface area contributed by atoms with Crippen LogP contribution >= 0.6 is 0 Å². The van der Waals surface area contributed by atoms with E-state index in [1.165, 1.54) is 4.31 Å². The third kappa shape index (κ3) is 3.46. The standard InChI is InChI=1S/C18H20N2O2S/c1-14-7-9-15(10-8-14)13-23(21,22)20(2)12-16-11-19-18-6-4-3-5-17(16)18/h3-11,19H,12-13H2,1-2H3. The quantitative estimate of drug-likeness (QED) is 0.780. The molecule has 120 valence electrons. The van der Waals surface area contributed by atoms with E-state index in [-0.39, 0.29) is 5.75 Å². The Morgan fingerprint density at radius 1 is 1.04 bits per heavy atom. The van der Waals surface area contributed by atoms with Crippen LogP contribution in [0, 0.1) is 6.92 Å². The van der Waals surface area contributed by atoms with Crippen LogP contribution in [0.4, 0.5) is 0 Å². The maximum Gasteiger partial charge on any atom is 0.218 e. The van der Waals surface area contributed by atoms with Gasteiger partial charge in [-0.1, -0.05) is 48.0 Å². The number of para-hydroxylation sites is 1. The molecule has 3 aromatic rings. The van der Waals surface area contributed by atoms with Gasteiger partial charge in [0.15, 0.2) is 0 Å². The molecule has 0 saturated carbocycles. The molecule has 0 amide bonds. The summed E-state index contributed by atoms with van der Waals surface area (Å²) in [5.74, 6) is 0.0200. The normalized spacial score (nSPS) is 12.1. The van der Waals surface area contributed by atoms with Crippen molar-refractivity contribution < 1.29 is 8.42 Å². The lowest BCUT2D eigenvalue weighted by atomic mass is 10.2. The molecule has 23 heavy (non-hydrogen) atoms. The molecule has 5 heteroatoms. The van der Waals surface area contributed by atoms with Crippen LogP contribution in [0.3, 0.4) is 0 Å². The van der Waals surface area contributed by atoms with Crippen molar-refractivity contribution in [1.82, 2.24) is 9.29 Å². The van der Waals surface area contributed by atoms with Gasteiger partial charge < -0.3 is 4.98 Å². The van der Waals surface area contributed by atoms with Gasteiger partial charge in [0.2, 0.25) is 10.0 Å². The maximum absolute atomic E-state index is 12.6. The molecule has 0 aliphatic heterocycles. The van der Waals surface area contributed by atoms with Crippen LogP contribution in [0.5, 0.6) is 0 Å².